The lowest BCUT2D eigenvalue weighted by Gasteiger charge is -2.20. The number of benzene rings is 1. The molecule has 164 valence electrons. The number of anilines is 2. The molecule has 0 saturated carbocycles. The maximum absolute atomic E-state index is 14.7. The molecule has 0 aliphatic carbocycles. The highest BCUT2D eigenvalue weighted by Gasteiger charge is 2.40. The van der Waals surface area contributed by atoms with Crippen LogP contribution in [0.15, 0.2) is 41.3 Å². The SMILES string of the molecule is CO[C@@H]1C[C@H](C(=O)Nc2ccc(-n3cc(NC(C)=O)ccc3=O)cc2F)N(C(=O)O)C1. The van der Waals surface area contributed by atoms with Gasteiger partial charge < -0.3 is 20.5 Å². The Morgan fingerprint density at radius 3 is 2.55 bits per heavy atom. The summed E-state index contributed by atoms with van der Waals surface area (Å²) in [5.41, 5.74) is -0.0715. The number of methoxy groups -OCH3 is 1. The summed E-state index contributed by atoms with van der Waals surface area (Å²) in [5, 5.41) is 14.2. The van der Waals surface area contributed by atoms with Crippen molar-refractivity contribution < 1.29 is 28.6 Å². The number of hydrogen-bond donors (Lipinski definition) is 3. The van der Waals surface area contributed by atoms with Gasteiger partial charge in [0.15, 0.2) is 0 Å². The Bertz CT molecular complexity index is 1090. The minimum atomic E-state index is -1.27. The molecule has 0 spiro atoms. The molecule has 31 heavy (non-hydrogen) atoms. The summed E-state index contributed by atoms with van der Waals surface area (Å²) < 4.78 is 21.0. The van der Waals surface area contributed by atoms with E-state index in [4.69, 9.17) is 4.74 Å². The van der Waals surface area contributed by atoms with Gasteiger partial charge in [-0.15, -0.1) is 0 Å². The molecule has 1 aliphatic rings. The summed E-state index contributed by atoms with van der Waals surface area (Å²) in [4.78, 5) is 48.3. The first-order valence-corrected chi connectivity index (χ1v) is 9.33. The number of ether oxygens (including phenoxy) is 1. The van der Waals surface area contributed by atoms with E-state index in [2.05, 4.69) is 10.6 Å². The Labute approximate surface area is 176 Å². The number of pyridine rings is 1. The zero-order chi connectivity index (χ0) is 22.7. The lowest BCUT2D eigenvalue weighted by molar-refractivity contribution is -0.120. The van der Waals surface area contributed by atoms with Crippen LogP contribution in [-0.2, 0) is 14.3 Å². The molecular weight excluding hydrogens is 411 g/mol. The molecule has 1 aliphatic heterocycles. The average Bonchev–Trinajstić information content (AvgIpc) is 3.16. The number of nitrogens with zero attached hydrogens (tertiary/aromatic N) is 2. The van der Waals surface area contributed by atoms with E-state index in [0.717, 1.165) is 15.5 Å². The molecule has 0 bridgehead atoms. The van der Waals surface area contributed by atoms with Crippen LogP contribution in [0, 0.1) is 5.82 Å². The number of halogens is 1. The van der Waals surface area contributed by atoms with E-state index in [0.29, 0.717) is 5.69 Å². The van der Waals surface area contributed by atoms with Crippen molar-refractivity contribution in [1.82, 2.24) is 9.47 Å². The van der Waals surface area contributed by atoms with E-state index in [1.807, 2.05) is 0 Å². The quantitative estimate of drug-likeness (QED) is 0.659. The minimum Gasteiger partial charge on any atom is -0.465 e. The van der Waals surface area contributed by atoms with Gasteiger partial charge in [-0.25, -0.2) is 9.18 Å². The Balaban J connectivity index is 1.82. The van der Waals surface area contributed by atoms with Crippen LogP contribution in [0.25, 0.3) is 5.69 Å². The molecule has 1 saturated heterocycles. The third-order valence-electron chi connectivity index (χ3n) is 4.86. The first-order valence-electron chi connectivity index (χ1n) is 9.33. The molecule has 11 heteroatoms. The Hall–Kier alpha value is -3.73. The maximum Gasteiger partial charge on any atom is 0.408 e. The number of carboxylic acid groups (broad SMARTS) is 1. The summed E-state index contributed by atoms with van der Waals surface area (Å²) in [6.45, 7) is 1.36. The van der Waals surface area contributed by atoms with Crippen LogP contribution in [0.4, 0.5) is 20.6 Å². The monoisotopic (exact) mass is 432 g/mol. The molecular formula is C20H21FN4O6. The van der Waals surface area contributed by atoms with Gasteiger partial charge in [0, 0.05) is 38.8 Å². The average molecular weight is 432 g/mol. The second-order valence-electron chi connectivity index (χ2n) is 7.00. The van der Waals surface area contributed by atoms with Crippen LogP contribution in [0.2, 0.25) is 0 Å². The minimum absolute atomic E-state index is 0.0406. The molecule has 2 atom stereocenters. The van der Waals surface area contributed by atoms with Crippen molar-refractivity contribution in [1.29, 1.82) is 0 Å². The van der Waals surface area contributed by atoms with Crippen LogP contribution in [0.1, 0.15) is 13.3 Å². The maximum atomic E-state index is 14.7. The van der Waals surface area contributed by atoms with Gasteiger partial charge in [0.05, 0.1) is 29.7 Å². The molecule has 1 aromatic heterocycles. The number of carbonyl (C=O) groups excluding carboxylic acids is 2. The summed E-state index contributed by atoms with van der Waals surface area (Å²) in [6.07, 6.45) is -0.194. The van der Waals surface area contributed by atoms with E-state index in [1.54, 1.807) is 0 Å². The smallest absolute Gasteiger partial charge is 0.408 e. The molecule has 1 aromatic carbocycles. The summed E-state index contributed by atoms with van der Waals surface area (Å²) in [5.74, 6) is -1.82. The van der Waals surface area contributed by atoms with Crippen molar-refractivity contribution in [3.63, 3.8) is 0 Å². The normalized spacial score (nSPS) is 18.0. The van der Waals surface area contributed by atoms with E-state index in [-0.39, 0.29) is 30.2 Å². The molecule has 2 heterocycles. The largest absolute Gasteiger partial charge is 0.465 e. The van der Waals surface area contributed by atoms with Crippen molar-refractivity contribution in [3.8, 4) is 5.69 Å². The van der Waals surface area contributed by atoms with Crippen molar-refractivity contribution in [2.45, 2.75) is 25.5 Å². The summed E-state index contributed by atoms with van der Waals surface area (Å²) in [6, 6.07) is 5.38. The van der Waals surface area contributed by atoms with Crippen LogP contribution in [0.3, 0.4) is 0 Å². The van der Waals surface area contributed by atoms with E-state index >= 15 is 0 Å². The van der Waals surface area contributed by atoms with Gasteiger partial charge in [-0.1, -0.05) is 0 Å². The molecule has 0 unspecified atom stereocenters. The molecule has 10 nitrogen and oxygen atoms in total. The molecule has 3 N–H and O–H groups in total. The highest BCUT2D eigenvalue weighted by molar-refractivity contribution is 5.97. The van der Waals surface area contributed by atoms with E-state index in [9.17, 15) is 28.7 Å². The summed E-state index contributed by atoms with van der Waals surface area (Å²) >= 11 is 0. The number of likely N-dealkylation sites (tertiary alicyclic amines) is 1. The van der Waals surface area contributed by atoms with Crippen LogP contribution < -0.4 is 16.2 Å². The molecule has 3 amide bonds. The summed E-state index contributed by atoms with van der Waals surface area (Å²) in [7, 11) is 1.42. The Morgan fingerprint density at radius 2 is 1.94 bits per heavy atom. The van der Waals surface area contributed by atoms with Crippen molar-refractivity contribution in [2.24, 2.45) is 0 Å². The second-order valence-corrected chi connectivity index (χ2v) is 7.00. The molecule has 1 fully saturated rings. The number of hydrogen-bond acceptors (Lipinski definition) is 5. The van der Waals surface area contributed by atoms with Gasteiger partial charge in [-0.2, -0.15) is 0 Å². The van der Waals surface area contributed by atoms with Gasteiger partial charge in [0.2, 0.25) is 11.8 Å². The zero-order valence-corrected chi connectivity index (χ0v) is 16.8. The first-order chi connectivity index (χ1) is 14.7. The highest BCUT2D eigenvalue weighted by atomic mass is 19.1. The van der Waals surface area contributed by atoms with E-state index < -0.39 is 35.5 Å². The van der Waals surface area contributed by atoms with Gasteiger partial charge in [-0.3, -0.25) is 23.9 Å². The van der Waals surface area contributed by atoms with Gasteiger partial charge >= 0.3 is 6.09 Å². The number of aromatic nitrogens is 1. The lowest BCUT2D eigenvalue weighted by atomic mass is 10.1. The Kier molecular flexibility index (Phi) is 6.35. The highest BCUT2D eigenvalue weighted by Crippen LogP contribution is 2.24. The third-order valence-corrected chi connectivity index (χ3v) is 4.86. The number of amides is 3. The van der Waals surface area contributed by atoms with Crippen molar-refractivity contribution >= 4 is 29.3 Å². The fourth-order valence-corrected chi connectivity index (χ4v) is 3.37. The Morgan fingerprint density at radius 1 is 1.19 bits per heavy atom. The molecule has 0 radical (unpaired) electrons. The van der Waals surface area contributed by atoms with Crippen LogP contribution in [0.5, 0.6) is 0 Å². The zero-order valence-electron chi connectivity index (χ0n) is 16.8. The molecule has 3 rings (SSSR count). The number of rotatable bonds is 5. The fraction of sp³-hybridized carbons (Fsp3) is 0.300. The first kappa shape index (κ1) is 22.0. The number of nitrogens with one attached hydrogen (secondary N) is 2. The van der Waals surface area contributed by atoms with Crippen LogP contribution >= 0.6 is 0 Å². The standard InChI is InChI=1S/C20H21FN4O6/c1-11(26)22-12-3-6-18(27)24(9-12)13-4-5-16(15(21)7-13)23-19(28)17-8-14(31-2)10-25(17)20(29)30/h3-7,9,14,17H,8,10H2,1-2H3,(H,22,26)(H,23,28)(H,29,30)/t14-,17-/m1/s1. The predicted molar refractivity (Wildman–Crippen MR) is 109 cm³/mol. The third kappa shape index (κ3) is 4.89. The number of carbonyl (C=O) groups is 3. The van der Waals surface area contributed by atoms with Gasteiger partial charge in [0.25, 0.3) is 5.56 Å². The lowest BCUT2D eigenvalue weighted by Crippen LogP contribution is -2.42. The molecule has 2 aromatic rings. The topological polar surface area (TPSA) is 130 Å². The predicted octanol–water partition coefficient (Wildman–Crippen LogP) is 1.64. The van der Waals surface area contributed by atoms with Crippen LogP contribution in [-0.4, -0.2) is 58.3 Å². The van der Waals surface area contributed by atoms with Gasteiger partial charge in [-0.05, 0) is 18.2 Å². The van der Waals surface area contributed by atoms with Crippen molar-refractivity contribution in [3.05, 3.63) is 52.7 Å². The van der Waals surface area contributed by atoms with Crippen molar-refractivity contribution in [2.75, 3.05) is 24.3 Å². The van der Waals surface area contributed by atoms with Gasteiger partial charge in [0.1, 0.15) is 11.9 Å². The van der Waals surface area contributed by atoms with E-state index in [1.165, 1.54) is 44.5 Å². The fourth-order valence-electron chi connectivity index (χ4n) is 3.37. The second kappa shape index (κ2) is 8.96.